The number of ether oxygens (including phenoxy) is 1. The van der Waals surface area contributed by atoms with E-state index >= 15 is 0 Å². The van der Waals surface area contributed by atoms with Crippen molar-refractivity contribution in [1.82, 2.24) is 5.32 Å². The van der Waals surface area contributed by atoms with E-state index in [2.05, 4.69) is 21.2 Å². The van der Waals surface area contributed by atoms with Gasteiger partial charge in [-0.05, 0) is 48.9 Å². The third kappa shape index (κ3) is 3.60. The highest BCUT2D eigenvalue weighted by Crippen LogP contribution is 2.30. The first kappa shape index (κ1) is 15.9. The zero-order valence-corrected chi connectivity index (χ0v) is 13.4. The van der Waals surface area contributed by atoms with E-state index < -0.39 is 11.6 Å². The molecule has 2 aromatic rings. The Kier molecular flexibility index (Phi) is 5.31. The summed E-state index contributed by atoms with van der Waals surface area (Å²) in [6.07, 6.45) is 0.339. The van der Waals surface area contributed by atoms with E-state index in [4.69, 9.17) is 4.74 Å². The van der Waals surface area contributed by atoms with Crippen LogP contribution in [0.5, 0.6) is 5.75 Å². The highest BCUT2D eigenvalue weighted by molar-refractivity contribution is 9.10. The number of benzene rings is 2. The Labute approximate surface area is 131 Å². The van der Waals surface area contributed by atoms with Gasteiger partial charge in [-0.3, -0.25) is 0 Å². The van der Waals surface area contributed by atoms with Crippen molar-refractivity contribution in [1.29, 1.82) is 0 Å². The molecule has 2 nitrogen and oxygen atoms in total. The molecular weight excluding hydrogens is 340 g/mol. The van der Waals surface area contributed by atoms with E-state index in [1.54, 1.807) is 20.2 Å². The van der Waals surface area contributed by atoms with Crippen molar-refractivity contribution in [3.05, 3.63) is 63.6 Å². The predicted molar refractivity (Wildman–Crippen MR) is 82.6 cm³/mol. The van der Waals surface area contributed by atoms with Crippen molar-refractivity contribution in [2.24, 2.45) is 0 Å². The minimum Gasteiger partial charge on any atom is -0.497 e. The number of nitrogens with one attached hydrogen (secondary N) is 1. The summed E-state index contributed by atoms with van der Waals surface area (Å²) in [6, 6.07) is 9.66. The molecule has 0 saturated heterocycles. The van der Waals surface area contributed by atoms with Gasteiger partial charge in [-0.15, -0.1) is 0 Å². The topological polar surface area (TPSA) is 21.3 Å². The molecule has 0 aromatic heterocycles. The van der Waals surface area contributed by atoms with Crippen LogP contribution in [-0.2, 0) is 6.42 Å². The van der Waals surface area contributed by atoms with Gasteiger partial charge in [0.15, 0.2) is 11.6 Å². The number of rotatable bonds is 5. The molecule has 2 aromatic carbocycles. The van der Waals surface area contributed by atoms with E-state index in [9.17, 15) is 8.78 Å². The summed E-state index contributed by atoms with van der Waals surface area (Å²) in [5, 5.41) is 3.13. The second kappa shape index (κ2) is 7.00. The number of hydrogen-bond acceptors (Lipinski definition) is 2. The van der Waals surface area contributed by atoms with Crippen LogP contribution in [0.4, 0.5) is 8.78 Å². The molecule has 0 fully saturated rings. The van der Waals surface area contributed by atoms with Gasteiger partial charge in [-0.1, -0.05) is 28.1 Å². The number of halogens is 3. The maximum atomic E-state index is 13.8. The Morgan fingerprint density at radius 3 is 2.67 bits per heavy atom. The Morgan fingerprint density at radius 2 is 2.00 bits per heavy atom. The highest BCUT2D eigenvalue weighted by atomic mass is 79.9. The third-order valence-corrected chi connectivity index (χ3v) is 4.10. The summed E-state index contributed by atoms with van der Waals surface area (Å²) in [4.78, 5) is 0. The van der Waals surface area contributed by atoms with Gasteiger partial charge < -0.3 is 10.1 Å². The molecule has 21 heavy (non-hydrogen) atoms. The van der Waals surface area contributed by atoms with Crippen LogP contribution in [0, 0.1) is 11.6 Å². The molecule has 112 valence electrons. The predicted octanol–water partition coefficient (Wildman–Crippen LogP) is 4.24. The molecule has 0 aliphatic carbocycles. The zero-order chi connectivity index (χ0) is 15.4. The minimum atomic E-state index is -0.827. The van der Waals surface area contributed by atoms with Gasteiger partial charge in [-0.25, -0.2) is 8.78 Å². The standard InChI is InChI=1S/C16H16BrF2NO/c1-20-15(8-10-4-3-5-14(18)16(10)19)12-9-11(21-2)6-7-13(12)17/h3-7,9,15,20H,8H2,1-2H3. The maximum Gasteiger partial charge on any atom is 0.162 e. The van der Waals surface area contributed by atoms with Crippen LogP contribution in [0.15, 0.2) is 40.9 Å². The molecule has 1 N–H and O–H groups in total. The van der Waals surface area contributed by atoms with Gasteiger partial charge in [0.25, 0.3) is 0 Å². The summed E-state index contributed by atoms with van der Waals surface area (Å²) in [6.45, 7) is 0. The largest absolute Gasteiger partial charge is 0.497 e. The molecule has 0 saturated carbocycles. The number of hydrogen-bond donors (Lipinski definition) is 1. The first-order chi connectivity index (χ1) is 10.1. The van der Waals surface area contributed by atoms with Gasteiger partial charge >= 0.3 is 0 Å². The van der Waals surface area contributed by atoms with Crippen LogP contribution >= 0.6 is 15.9 Å². The van der Waals surface area contributed by atoms with Crippen LogP contribution in [-0.4, -0.2) is 14.2 Å². The van der Waals surface area contributed by atoms with Crippen molar-refractivity contribution in [2.75, 3.05) is 14.2 Å². The lowest BCUT2D eigenvalue weighted by molar-refractivity contribution is 0.413. The van der Waals surface area contributed by atoms with Crippen LogP contribution in [0.3, 0.4) is 0 Å². The fraction of sp³-hybridized carbons (Fsp3) is 0.250. The average Bonchev–Trinajstić information content (AvgIpc) is 2.50. The second-order valence-electron chi connectivity index (χ2n) is 4.65. The van der Waals surface area contributed by atoms with Gasteiger partial charge in [0.05, 0.1) is 7.11 Å². The summed E-state index contributed by atoms with van der Waals surface area (Å²) >= 11 is 3.48. The summed E-state index contributed by atoms with van der Waals surface area (Å²) < 4.78 is 33.2. The second-order valence-corrected chi connectivity index (χ2v) is 5.50. The van der Waals surface area contributed by atoms with E-state index in [0.29, 0.717) is 17.7 Å². The molecule has 0 bridgehead atoms. The molecule has 0 aliphatic rings. The highest BCUT2D eigenvalue weighted by Gasteiger charge is 2.17. The van der Waals surface area contributed by atoms with Crippen molar-refractivity contribution < 1.29 is 13.5 Å². The van der Waals surface area contributed by atoms with E-state index in [1.807, 2.05) is 18.2 Å². The number of likely N-dealkylation sites (N-methyl/N-ethyl adjacent to an activating group) is 1. The quantitative estimate of drug-likeness (QED) is 0.865. The normalized spacial score (nSPS) is 12.2. The zero-order valence-electron chi connectivity index (χ0n) is 11.8. The van der Waals surface area contributed by atoms with Crippen molar-refractivity contribution in [2.45, 2.75) is 12.5 Å². The molecule has 2 rings (SSSR count). The van der Waals surface area contributed by atoms with Gasteiger partial charge in [0.1, 0.15) is 5.75 Å². The van der Waals surface area contributed by atoms with E-state index in [0.717, 1.165) is 16.1 Å². The molecule has 0 spiro atoms. The lowest BCUT2D eigenvalue weighted by Crippen LogP contribution is -2.20. The first-order valence-electron chi connectivity index (χ1n) is 6.50. The Balaban J connectivity index is 2.34. The summed E-state index contributed by atoms with van der Waals surface area (Å²) in [5.74, 6) is -0.906. The summed E-state index contributed by atoms with van der Waals surface area (Å²) in [5.41, 5.74) is 1.27. The minimum absolute atomic E-state index is 0.161. The molecule has 0 radical (unpaired) electrons. The summed E-state index contributed by atoms with van der Waals surface area (Å²) in [7, 11) is 3.38. The van der Waals surface area contributed by atoms with Crippen molar-refractivity contribution in [3.8, 4) is 5.75 Å². The lowest BCUT2D eigenvalue weighted by Gasteiger charge is -2.19. The fourth-order valence-electron chi connectivity index (χ4n) is 2.21. The van der Waals surface area contributed by atoms with Crippen LogP contribution in [0.2, 0.25) is 0 Å². The fourth-order valence-corrected chi connectivity index (χ4v) is 2.73. The van der Waals surface area contributed by atoms with Crippen molar-refractivity contribution in [3.63, 3.8) is 0 Å². The molecule has 1 unspecified atom stereocenters. The SMILES string of the molecule is CNC(Cc1cccc(F)c1F)c1cc(OC)ccc1Br. The monoisotopic (exact) mass is 355 g/mol. The average molecular weight is 356 g/mol. The molecule has 0 amide bonds. The molecule has 0 aliphatic heterocycles. The third-order valence-electron chi connectivity index (χ3n) is 3.38. The van der Waals surface area contributed by atoms with Gasteiger partial charge in [0.2, 0.25) is 0 Å². The Hall–Kier alpha value is -1.46. The molecular formula is C16H16BrF2NO. The first-order valence-corrected chi connectivity index (χ1v) is 7.29. The van der Waals surface area contributed by atoms with Crippen LogP contribution < -0.4 is 10.1 Å². The van der Waals surface area contributed by atoms with Gasteiger partial charge in [-0.2, -0.15) is 0 Å². The lowest BCUT2D eigenvalue weighted by atomic mass is 9.98. The molecule has 0 heterocycles. The maximum absolute atomic E-state index is 13.8. The van der Waals surface area contributed by atoms with E-state index in [-0.39, 0.29) is 6.04 Å². The van der Waals surface area contributed by atoms with Crippen molar-refractivity contribution >= 4 is 15.9 Å². The van der Waals surface area contributed by atoms with Gasteiger partial charge in [0, 0.05) is 10.5 Å². The van der Waals surface area contributed by atoms with E-state index in [1.165, 1.54) is 6.07 Å². The molecule has 5 heteroatoms. The Morgan fingerprint density at radius 1 is 1.24 bits per heavy atom. The smallest absolute Gasteiger partial charge is 0.162 e. The van der Waals surface area contributed by atoms with Crippen LogP contribution in [0.1, 0.15) is 17.2 Å². The van der Waals surface area contributed by atoms with Crippen LogP contribution in [0.25, 0.3) is 0 Å². The molecule has 1 atom stereocenters. The number of methoxy groups -OCH3 is 1. The Bertz CT molecular complexity index is 634.